The quantitative estimate of drug-likeness (QED) is 0.174. The molecule has 0 rings (SSSR count). The van der Waals surface area contributed by atoms with E-state index in [0.717, 1.165) is 0 Å². The van der Waals surface area contributed by atoms with Gasteiger partial charge in [0.05, 0.1) is 0 Å². The molecule has 0 aromatic carbocycles. The third-order valence-corrected chi connectivity index (χ3v) is 0.834. The van der Waals surface area contributed by atoms with Crippen LogP contribution in [0.3, 0.4) is 0 Å². The third-order valence-electron chi connectivity index (χ3n) is 0.834. The standard InChI is InChI=1S/C5H9N3O5/c6-5(8-12)7-3(9)1-13-2-4(10)11/h12H,1-2H2,(H,10,11)(H3,6,7,8,9). The van der Waals surface area contributed by atoms with Crippen LogP contribution in [-0.4, -0.2) is 41.4 Å². The highest BCUT2D eigenvalue weighted by Gasteiger charge is 2.04. The number of nitrogens with two attached hydrogens (primary N) is 1. The van der Waals surface area contributed by atoms with Gasteiger partial charge in [-0.15, -0.1) is 0 Å². The summed E-state index contributed by atoms with van der Waals surface area (Å²) in [5, 5.41) is 20.5. The molecule has 0 aliphatic carbocycles. The molecule has 0 fully saturated rings. The molecular formula is C5H9N3O5. The molecule has 74 valence electrons. The monoisotopic (exact) mass is 191 g/mol. The first-order valence-corrected chi connectivity index (χ1v) is 3.13. The second kappa shape index (κ2) is 5.77. The highest BCUT2D eigenvalue weighted by atomic mass is 16.5. The number of nitrogens with zero attached hydrogens (tertiary/aromatic N) is 1. The molecule has 0 atom stereocenters. The Morgan fingerprint density at radius 3 is 2.54 bits per heavy atom. The second-order valence-electron chi connectivity index (χ2n) is 1.92. The Morgan fingerprint density at radius 1 is 1.46 bits per heavy atom. The van der Waals surface area contributed by atoms with Crippen molar-refractivity contribution in [2.75, 3.05) is 13.2 Å². The van der Waals surface area contributed by atoms with Crippen molar-refractivity contribution >= 4 is 17.8 Å². The van der Waals surface area contributed by atoms with Gasteiger partial charge in [0.15, 0.2) is 0 Å². The maximum atomic E-state index is 10.7. The van der Waals surface area contributed by atoms with Crippen LogP contribution in [0.4, 0.5) is 0 Å². The molecule has 13 heavy (non-hydrogen) atoms. The summed E-state index contributed by atoms with van der Waals surface area (Å²) in [4.78, 5) is 20.6. The molecule has 0 aliphatic heterocycles. The Hall–Kier alpha value is -1.83. The lowest BCUT2D eigenvalue weighted by Gasteiger charge is -2.01. The van der Waals surface area contributed by atoms with Gasteiger partial charge < -0.3 is 20.8 Å². The van der Waals surface area contributed by atoms with Gasteiger partial charge in [0.25, 0.3) is 5.91 Å². The Morgan fingerprint density at radius 2 is 2.08 bits per heavy atom. The summed E-state index contributed by atoms with van der Waals surface area (Å²) in [6, 6.07) is 0. The fraction of sp³-hybridized carbons (Fsp3) is 0.400. The van der Waals surface area contributed by atoms with Crippen molar-refractivity contribution in [3.8, 4) is 0 Å². The molecule has 0 aliphatic rings. The zero-order valence-corrected chi connectivity index (χ0v) is 6.56. The van der Waals surface area contributed by atoms with E-state index < -0.39 is 31.0 Å². The third kappa shape index (κ3) is 6.56. The van der Waals surface area contributed by atoms with E-state index in [0.29, 0.717) is 0 Å². The van der Waals surface area contributed by atoms with E-state index in [9.17, 15) is 9.59 Å². The Labute approximate surface area is 73.0 Å². The number of hydrogen-bond donors (Lipinski definition) is 4. The maximum Gasteiger partial charge on any atom is 0.329 e. The fourth-order valence-electron chi connectivity index (χ4n) is 0.435. The van der Waals surface area contributed by atoms with Crippen LogP contribution in [0.5, 0.6) is 0 Å². The molecule has 0 saturated carbocycles. The van der Waals surface area contributed by atoms with E-state index in [1.807, 2.05) is 5.32 Å². The number of ether oxygens (including phenoxy) is 1. The van der Waals surface area contributed by atoms with Gasteiger partial charge >= 0.3 is 5.97 Å². The van der Waals surface area contributed by atoms with Crippen LogP contribution in [-0.2, 0) is 14.3 Å². The molecule has 0 aromatic rings. The summed E-state index contributed by atoms with van der Waals surface area (Å²) in [5.41, 5.74) is 4.90. The normalized spacial score (nSPS) is 10.9. The van der Waals surface area contributed by atoms with Gasteiger partial charge in [-0.3, -0.25) is 10.1 Å². The molecule has 0 spiro atoms. The SMILES string of the molecule is NC(=NO)NC(=O)COCC(=O)O. The molecule has 1 amide bonds. The molecule has 0 aromatic heterocycles. The zero-order chi connectivity index (χ0) is 10.3. The smallest absolute Gasteiger partial charge is 0.329 e. The number of carbonyl (C=O) groups excluding carboxylic acids is 1. The fourth-order valence-corrected chi connectivity index (χ4v) is 0.435. The summed E-state index contributed by atoms with van der Waals surface area (Å²) >= 11 is 0. The van der Waals surface area contributed by atoms with Gasteiger partial charge in [-0.2, -0.15) is 0 Å². The largest absolute Gasteiger partial charge is 0.480 e. The lowest BCUT2D eigenvalue weighted by atomic mass is 10.6. The summed E-state index contributed by atoms with van der Waals surface area (Å²) in [5.74, 6) is -2.36. The minimum atomic E-state index is -1.18. The predicted octanol–water partition coefficient (Wildman–Crippen LogP) is -2.09. The maximum absolute atomic E-state index is 10.7. The van der Waals surface area contributed by atoms with Crippen molar-refractivity contribution in [2.45, 2.75) is 0 Å². The Balaban J connectivity index is 3.58. The topological polar surface area (TPSA) is 134 Å². The molecule has 0 saturated heterocycles. The van der Waals surface area contributed by atoms with E-state index in [1.54, 1.807) is 0 Å². The Kier molecular flexibility index (Phi) is 4.96. The van der Waals surface area contributed by atoms with Gasteiger partial charge in [-0.1, -0.05) is 5.16 Å². The van der Waals surface area contributed by atoms with Gasteiger partial charge in [0.2, 0.25) is 5.96 Å². The van der Waals surface area contributed by atoms with E-state index in [4.69, 9.17) is 16.0 Å². The minimum absolute atomic E-state index is 0.470. The van der Waals surface area contributed by atoms with Crippen LogP contribution in [0.2, 0.25) is 0 Å². The van der Waals surface area contributed by atoms with Gasteiger partial charge in [0.1, 0.15) is 13.2 Å². The predicted molar refractivity (Wildman–Crippen MR) is 40.0 cm³/mol. The van der Waals surface area contributed by atoms with Gasteiger partial charge in [0, 0.05) is 0 Å². The van der Waals surface area contributed by atoms with E-state index in [1.165, 1.54) is 0 Å². The number of amides is 1. The van der Waals surface area contributed by atoms with Crippen molar-refractivity contribution in [2.24, 2.45) is 10.9 Å². The number of guanidine groups is 1. The van der Waals surface area contributed by atoms with Gasteiger partial charge in [-0.05, 0) is 0 Å². The first kappa shape index (κ1) is 11.2. The van der Waals surface area contributed by atoms with Crippen molar-refractivity contribution in [3.63, 3.8) is 0 Å². The summed E-state index contributed by atoms with van der Waals surface area (Å²) in [6.45, 7) is -1.05. The van der Waals surface area contributed by atoms with Crippen LogP contribution < -0.4 is 11.1 Å². The second-order valence-corrected chi connectivity index (χ2v) is 1.92. The number of rotatable bonds is 4. The van der Waals surface area contributed by atoms with Crippen LogP contribution in [0, 0.1) is 0 Å². The van der Waals surface area contributed by atoms with Crippen molar-refractivity contribution in [1.29, 1.82) is 0 Å². The average Bonchev–Trinajstić information content (AvgIpc) is 2.03. The van der Waals surface area contributed by atoms with Gasteiger partial charge in [-0.25, -0.2) is 4.79 Å². The number of oxime groups is 1. The highest BCUT2D eigenvalue weighted by molar-refractivity contribution is 5.96. The number of hydrogen-bond acceptors (Lipinski definition) is 5. The van der Waals surface area contributed by atoms with E-state index >= 15 is 0 Å². The summed E-state index contributed by atoms with van der Waals surface area (Å²) < 4.78 is 4.40. The Bertz CT molecular complexity index is 226. The molecular weight excluding hydrogens is 182 g/mol. The number of nitrogens with one attached hydrogen (secondary N) is 1. The lowest BCUT2D eigenvalue weighted by molar-refractivity contribution is -0.143. The zero-order valence-electron chi connectivity index (χ0n) is 6.56. The van der Waals surface area contributed by atoms with Crippen molar-refractivity contribution in [3.05, 3.63) is 0 Å². The number of carboxylic acid groups (broad SMARTS) is 1. The molecule has 0 bridgehead atoms. The van der Waals surface area contributed by atoms with Crippen LogP contribution >= 0.6 is 0 Å². The molecule has 0 radical (unpaired) electrons. The number of carboxylic acids is 1. The lowest BCUT2D eigenvalue weighted by Crippen LogP contribution is -2.39. The first-order chi connectivity index (χ1) is 6.06. The summed E-state index contributed by atoms with van der Waals surface area (Å²) in [7, 11) is 0. The summed E-state index contributed by atoms with van der Waals surface area (Å²) in [6.07, 6.45) is 0. The van der Waals surface area contributed by atoms with E-state index in [2.05, 4.69) is 9.89 Å². The van der Waals surface area contributed by atoms with E-state index in [-0.39, 0.29) is 0 Å². The first-order valence-electron chi connectivity index (χ1n) is 3.13. The molecule has 8 nitrogen and oxygen atoms in total. The van der Waals surface area contributed by atoms with Crippen molar-refractivity contribution in [1.82, 2.24) is 5.32 Å². The highest BCUT2D eigenvalue weighted by Crippen LogP contribution is 1.75. The molecule has 0 heterocycles. The number of carbonyl (C=O) groups is 2. The molecule has 0 unspecified atom stereocenters. The van der Waals surface area contributed by atoms with Crippen molar-refractivity contribution < 1.29 is 24.6 Å². The minimum Gasteiger partial charge on any atom is -0.480 e. The van der Waals surface area contributed by atoms with Crippen LogP contribution in [0.15, 0.2) is 5.16 Å². The molecule has 5 N–H and O–H groups in total. The van der Waals surface area contributed by atoms with Crippen LogP contribution in [0.1, 0.15) is 0 Å². The number of aliphatic carboxylic acids is 1. The molecule has 8 heteroatoms. The van der Waals surface area contributed by atoms with Crippen LogP contribution in [0.25, 0.3) is 0 Å². The average molecular weight is 191 g/mol.